The Labute approximate surface area is 96.4 Å². The van der Waals surface area contributed by atoms with Crippen molar-refractivity contribution in [3.63, 3.8) is 0 Å². The minimum Gasteiger partial charge on any atom is -0.382 e. The van der Waals surface area contributed by atoms with E-state index >= 15 is 0 Å². The van der Waals surface area contributed by atoms with Gasteiger partial charge >= 0.3 is 0 Å². The van der Waals surface area contributed by atoms with Crippen LogP contribution in [0.1, 0.15) is 0 Å². The Morgan fingerprint density at radius 2 is 2.20 bits per heavy atom. The van der Waals surface area contributed by atoms with Crippen LogP contribution in [0.4, 0.5) is 10.1 Å². The van der Waals surface area contributed by atoms with E-state index < -0.39 is 6.67 Å². The Hall–Kier alpha value is -0.930. The van der Waals surface area contributed by atoms with Crippen molar-refractivity contribution in [1.82, 2.24) is 4.98 Å². The molecule has 0 aliphatic rings. The van der Waals surface area contributed by atoms with Crippen LogP contribution in [0.2, 0.25) is 10.0 Å². The molecule has 0 saturated heterocycles. The Morgan fingerprint density at radius 1 is 1.40 bits per heavy atom. The lowest BCUT2D eigenvalue weighted by molar-refractivity contribution is 0.513. The molecule has 0 aliphatic heterocycles. The van der Waals surface area contributed by atoms with Crippen molar-refractivity contribution in [3.05, 3.63) is 28.4 Å². The summed E-state index contributed by atoms with van der Waals surface area (Å²) >= 11 is 12.0. The van der Waals surface area contributed by atoms with Crippen LogP contribution < -0.4 is 5.32 Å². The van der Waals surface area contributed by atoms with Crippen LogP contribution in [0.15, 0.2) is 18.3 Å². The van der Waals surface area contributed by atoms with E-state index in [1.165, 1.54) is 0 Å². The van der Waals surface area contributed by atoms with E-state index in [1.54, 1.807) is 12.3 Å². The number of alkyl halides is 1. The summed E-state index contributed by atoms with van der Waals surface area (Å²) in [5.41, 5.74) is 1.56. The average molecular weight is 247 g/mol. The summed E-state index contributed by atoms with van der Waals surface area (Å²) in [6.45, 7) is -0.162. The van der Waals surface area contributed by atoms with Crippen molar-refractivity contribution in [2.75, 3.05) is 18.5 Å². The average Bonchev–Trinajstić information content (AvgIpc) is 2.70. The van der Waals surface area contributed by atoms with E-state index in [1.807, 2.05) is 6.07 Å². The maximum Gasteiger partial charge on any atom is 0.107 e. The highest BCUT2D eigenvalue weighted by Crippen LogP contribution is 2.35. The molecule has 15 heavy (non-hydrogen) atoms. The van der Waals surface area contributed by atoms with E-state index in [0.717, 1.165) is 16.6 Å². The molecule has 2 aromatic rings. The van der Waals surface area contributed by atoms with Crippen molar-refractivity contribution in [1.29, 1.82) is 0 Å². The molecular formula is C10H9Cl2FN2. The van der Waals surface area contributed by atoms with Crippen LogP contribution >= 0.6 is 23.2 Å². The summed E-state index contributed by atoms with van der Waals surface area (Å²) in [6, 6.07) is 3.58. The van der Waals surface area contributed by atoms with E-state index in [9.17, 15) is 4.39 Å². The lowest BCUT2D eigenvalue weighted by Crippen LogP contribution is -2.03. The summed E-state index contributed by atoms with van der Waals surface area (Å²) in [7, 11) is 0. The highest BCUT2D eigenvalue weighted by atomic mass is 35.5. The third-order valence-corrected chi connectivity index (χ3v) is 2.93. The minimum absolute atomic E-state index is 0.262. The number of anilines is 1. The molecule has 0 amide bonds. The van der Waals surface area contributed by atoms with Gasteiger partial charge in [-0.25, -0.2) is 4.39 Å². The number of benzene rings is 1. The number of H-pyrrole nitrogens is 1. The predicted octanol–water partition coefficient (Wildman–Crippen LogP) is 3.86. The highest BCUT2D eigenvalue weighted by molar-refractivity contribution is 6.45. The summed E-state index contributed by atoms with van der Waals surface area (Å²) in [6.07, 6.45) is 1.77. The smallest absolute Gasteiger partial charge is 0.107 e. The summed E-state index contributed by atoms with van der Waals surface area (Å²) in [4.78, 5) is 3.00. The summed E-state index contributed by atoms with van der Waals surface area (Å²) in [5, 5.41) is 4.81. The van der Waals surface area contributed by atoms with E-state index in [2.05, 4.69) is 10.3 Å². The number of halogens is 3. The van der Waals surface area contributed by atoms with Gasteiger partial charge in [0.05, 0.1) is 15.6 Å². The topological polar surface area (TPSA) is 27.8 Å². The molecule has 2 rings (SSSR count). The molecule has 0 atom stereocenters. The first-order valence-electron chi connectivity index (χ1n) is 4.49. The number of rotatable bonds is 3. The van der Waals surface area contributed by atoms with E-state index in [-0.39, 0.29) is 6.54 Å². The number of fused-ring (bicyclic) bond motifs is 1. The quantitative estimate of drug-likeness (QED) is 0.846. The highest BCUT2D eigenvalue weighted by Gasteiger charge is 2.09. The van der Waals surface area contributed by atoms with Gasteiger partial charge in [0.2, 0.25) is 0 Å². The number of aromatic amines is 1. The lowest BCUT2D eigenvalue weighted by Gasteiger charge is -2.07. The molecule has 0 radical (unpaired) electrons. The number of nitrogens with one attached hydrogen (secondary N) is 2. The standard InChI is InChI=1S/C10H9Cl2FN2/c11-7-5-8(14-4-2-13)6-1-3-15-10(6)9(7)12/h1,3,5,14-15H,2,4H2. The molecule has 0 aliphatic carbocycles. The van der Waals surface area contributed by atoms with Gasteiger partial charge in [0, 0.05) is 23.8 Å². The first-order valence-corrected chi connectivity index (χ1v) is 5.24. The molecule has 1 heterocycles. The van der Waals surface area contributed by atoms with Crippen molar-refractivity contribution < 1.29 is 4.39 Å². The molecule has 5 heteroatoms. The van der Waals surface area contributed by atoms with Gasteiger partial charge < -0.3 is 10.3 Å². The van der Waals surface area contributed by atoms with Gasteiger partial charge in [0.15, 0.2) is 0 Å². The Kier molecular flexibility index (Phi) is 3.03. The van der Waals surface area contributed by atoms with Gasteiger partial charge in [-0.15, -0.1) is 0 Å². The molecule has 0 bridgehead atoms. The zero-order valence-corrected chi connectivity index (χ0v) is 9.29. The zero-order valence-electron chi connectivity index (χ0n) is 7.78. The molecule has 2 N–H and O–H groups in total. The minimum atomic E-state index is -0.424. The summed E-state index contributed by atoms with van der Waals surface area (Å²) < 4.78 is 12.1. The fraction of sp³-hybridized carbons (Fsp3) is 0.200. The Balaban J connectivity index is 2.53. The maximum absolute atomic E-state index is 12.1. The number of hydrogen-bond donors (Lipinski definition) is 2. The number of aromatic nitrogens is 1. The molecule has 80 valence electrons. The third-order valence-electron chi connectivity index (χ3n) is 2.15. The first-order chi connectivity index (χ1) is 7.24. The van der Waals surface area contributed by atoms with E-state index in [4.69, 9.17) is 23.2 Å². The van der Waals surface area contributed by atoms with Crippen molar-refractivity contribution in [2.45, 2.75) is 0 Å². The van der Waals surface area contributed by atoms with Crippen LogP contribution in [0.5, 0.6) is 0 Å². The second-order valence-corrected chi connectivity index (χ2v) is 3.89. The normalized spacial score (nSPS) is 10.9. The molecule has 0 unspecified atom stereocenters. The van der Waals surface area contributed by atoms with Crippen LogP contribution in [0, 0.1) is 0 Å². The van der Waals surface area contributed by atoms with Gasteiger partial charge in [-0.1, -0.05) is 23.2 Å². The fourth-order valence-electron chi connectivity index (χ4n) is 1.49. The lowest BCUT2D eigenvalue weighted by atomic mass is 10.2. The van der Waals surface area contributed by atoms with Crippen LogP contribution in [0.25, 0.3) is 10.9 Å². The molecule has 1 aromatic heterocycles. The van der Waals surface area contributed by atoms with Crippen molar-refractivity contribution >= 4 is 39.8 Å². The summed E-state index contributed by atoms with van der Waals surface area (Å²) in [5.74, 6) is 0. The fourth-order valence-corrected chi connectivity index (χ4v) is 1.91. The molecule has 0 saturated carbocycles. The van der Waals surface area contributed by atoms with Gasteiger partial charge in [0.25, 0.3) is 0 Å². The van der Waals surface area contributed by atoms with Crippen LogP contribution in [-0.2, 0) is 0 Å². The molecule has 1 aromatic carbocycles. The third kappa shape index (κ3) is 1.90. The second kappa shape index (κ2) is 4.29. The van der Waals surface area contributed by atoms with E-state index in [0.29, 0.717) is 10.0 Å². The van der Waals surface area contributed by atoms with Gasteiger partial charge in [-0.05, 0) is 12.1 Å². The second-order valence-electron chi connectivity index (χ2n) is 3.10. The van der Waals surface area contributed by atoms with Crippen LogP contribution in [-0.4, -0.2) is 18.2 Å². The maximum atomic E-state index is 12.1. The Bertz CT molecular complexity index is 481. The molecular weight excluding hydrogens is 238 g/mol. The zero-order chi connectivity index (χ0) is 10.8. The molecule has 2 nitrogen and oxygen atoms in total. The van der Waals surface area contributed by atoms with Crippen molar-refractivity contribution in [3.8, 4) is 0 Å². The first kappa shape index (κ1) is 10.6. The van der Waals surface area contributed by atoms with Crippen LogP contribution in [0.3, 0.4) is 0 Å². The number of hydrogen-bond acceptors (Lipinski definition) is 1. The predicted molar refractivity (Wildman–Crippen MR) is 62.8 cm³/mol. The van der Waals surface area contributed by atoms with Gasteiger partial charge in [-0.3, -0.25) is 0 Å². The van der Waals surface area contributed by atoms with Crippen molar-refractivity contribution in [2.24, 2.45) is 0 Å². The monoisotopic (exact) mass is 246 g/mol. The molecule has 0 spiro atoms. The Morgan fingerprint density at radius 3 is 2.93 bits per heavy atom. The SMILES string of the molecule is FCCNc1cc(Cl)c(Cl)c2[nH]ccc12. The largest absolute Gasteiger partial charge is 0.382 e. The van der Waals surface area contributed by atoms with Gasteiger partial charge in [0.1, 0.15) is 6.67 Å². The molecule has 0 fully saturated rings. The van der Waals surface area contributed by atoms with Gasteiger partial charge in [-0.2, -0.15) is 0 Å².